The summed E-state index contributed by atoms with van der Waals surface area (Å²) in [6, 6.07) is 7.30. The number of nitriles is 1. The van der Waals surface area contributed by atoms with Crippen LogP contribution in [0.25, 0.3) is 5.57 Å². The number of halogens is 2. The highest BCUT2D eigenvalue weighted by Gasteiger charge is 2.04. The van der Waals surface area contributed by atoms with E-state index in [2.05, 4.69) is 0 Å². The highest BCUT2D eigenvalue weighted by Crippen LogP contribution is 2.29. The lowest BCUT2D eigenvalue weighted by molar-refractivity contribution is 1.51. The van der Waals surface area contributed by atoms with Gasteiger partial charge in [0, 0.05) is 6.08 Å². The minimum Gasteiger partial charge on any atom is -0.193 e. The van der Waals surface area contributed by atoms with Gasteiger partial charge in [-0.25, -0.2) is 0 Å². The van der Waals surface area contributed by atoms with E-state index in [1.54, 1.807) is 12.1 Å². The van der Waals surface area contributed by atoms with Crippen LogP contribution in [-0.2, 0) is 0 Å². The summed E-state index contributed by atoms with van der Waals surface area (Å²) in [4.78, 5) is 0. The predicted octanol–water partition coefficient (Wildman–Crippen LogP) is 3.92. The molecule has 0 amide bonds. The molecule has 0 saturated carbocycles. The molecule has 0 fully saturated rings. The lowest BCUT2D eigenvalue weighted by Crippen LogP contribution is -1.81. The monoisotopic (exact) mass is 211 g/mol. The second-order valence-electron chi connectivity index (χ2n) is 2.56. The zero-order valence-electron chi connectivity index (χ0n) is 7.01. The van der Waals surface area contributed by atoms with Gasteiger partial charge < -0.3 is 0 Å². The van der Waals surface area contributed by atoms with Crippen molar-refractivity contribution in [2.45, 2.75) is 6.92 Å². The topological polar surface area (TPSA) is 23.8 Å². The second kappa shape index (κ2) is 4.32. The highest BCUT2D eigenvalue weighted by molar-refractivity contribution is 6.43. The summed E-state index contributed by atoms with van der Waals surface area (Å²) in [5, 5.41) is 9.45. The molecular weight excluding hydrogens is 205 g/mol. The van der Waals surface area contributed by atoms with Crippen molar-refractivity contribution in [2.75, 3.05) is 0 Å². The standard InChI is InChI=1S/C10H7Cl2N/c1-7(5-6-13)8-3-2-4-9(11)10(8)12/h2-5H,1H3/b7-5-. The smallest absolute Gasteiger partial charge is 0.0915 e. The van der Waals surface area contributed by atoms with E-state index in [4.69, 9.17) is 28.5 Å². The molecule has 0 bridgehead atoms. The molecule has 0 aromatic heterocycles. The molecule has 0 saturated heterocycles. The lowest BCUT2D eigenvalue weighted by Gasteiger charge is -2.03. The molecule has 13 heavy (non-hydrogen) atoms. The fourth-order valence-electron chi connectivity index (χ4n) is 0.983. The summed E-state index contributed by atoms with van der Waals surface area (Å²) < 4.78 is 0. The van der Waals surface area contributed by atoms with Crippen molar-refractivity contribution in [2.24, 2.45) is 0 Å². The molecule has 66 valence electrons. The molecular formula is C10H7Cl2N. The average molecular weight is 212 g/mol. The third kappa shape index (κ3) is 2.24. The van der Waals surface area contributed by atoms with Crippen molar-refractivity contribution >= 4 is 28.8 Å². The summed E-state index contributed by atoms with van der Waals surface area (Å²) in [7, 11) is 0. The number of allylic oxidation sites excluding steroid dienone is 2. The molecule has 0 heterocycles. The number of hydrogen-bond acceptors (Lipinski definition) is 1. The molecule has 0 radical (unpaired) electrons. The largest absolute Gasteiger partial charge is 0.193 e. The maximum atomic E-state index is 8.46. The van der Waals surface area contributed by atoms with Gasteiger partial charge in [-0.1, -0.05) is 35.3 Å². The first-order valence-corrected chi connectivity index (χ1v) is 4.43. The minimum atomic E-state index is 0.494. The van der Waals surface area contributed by atoms with Crippen molar-refractivity contribution in [3.63, 3.8) is 0 Å². The Balaban J connectivity index is 3.25. The Morgan fingerprint density at radius 2 is 2.15 bits per heavy atom. The Morgan fingerprint density at radius 3 is 2.77 bits per heavy atom. The zero-order chi connectivity index (χ0) is 9.84. The van der Waals surface area contributed by atoms with Crippen LogP contribution in [0.5, 0.6) is 0 Å². The van der Waals surface area contributed by atoms with Crippen LogP contribution in [-0.4, -0.2) is 0 Å². The van der Waals surface area contributed by atoms with Gasteiger partial charge in [-0.15, -0.1) is 0 Å². The lowest BCUT2D eigenvalue weighted by atomic mass is 10.1. The van der Waals surface area contributed by atoms with E-state index in [9.17, 15) is 0 Å². The first kappa shape index (κ1) is 10.1. The fraction of sp³-hybridized carbons (Fsp3) is 0.100. The summed E-state index contributed by atoms with van der Waals surface area (Å²) in [6.07, 6.45) is 1.44. The van der Waals surface area contributed by atoms with Crippen molar-refractivity contribution in [1.29, 1.82) is 5.26 Å². The van der Waals surface area contributed by atoms with Gasteiger partial charge in [0.2, 0.25) is 0 Å². The van der Waals surface area contributed by atoms with Gasteiger partial charge in [0.15, 0.2) is 0 Å². The van der Waals surface area contributed by atoms with Crippen molar-refractivity contribution in [3.05, 3.63) is 39.9 Å². The Labute approximate surface area is 87.2 Å². The van der Waals surface area contributed by atoms with Crippen LogP contribution in [0.3, 0.4) is 0 Å². The van der Waals surface area contributed by atoms with Crippen LogP contribution in [0.4, 0.5) is 0 Å². The molecule has 0 N–H and O–H groups in total. The van der Waals surface area contributed by atoms with Gasteiger partial charge in [0.05, 0.1) is 16.1 Å². The summed E-state index contributed by atoms with van der Waals surface area (Å²) in [5.74, 6) is 0. The molecule has 1 rings (SSSR count). The highest BCUT2D eigenvalue weighted by atomic mass is 35.5. The van der Waals surface area contributed by atoms with Crippen LogP contribution in [0.15, 0.2) is 24.3 Å². The number of benzene rings is 1. The van der Waals surface area contributed by atoms with Gasteiger partial charge >= 0.3 is 0 Å². The summed E-state index contributed by atoms with van der Waals surface area (Å²) in [5.41, 5.74) is 1.62. The Bertz CT molecular complexity index is 388. The molecule has 0 unspecified atom stereocenters. The first-order chi connectivity index (χ1) is 6.16. The van der Waals surface area contributed by atoms with E-state index in [-0.39, 0.29) is 0 Å². The molecule has 0 aliphatic heterocycles. The third-order valence-corrected chi connectivity index (χ3v) is 2.48. The van der Waals surface area contributed by atoms with Crippen LogP contribution in [0, 0.1) is 11.3 Å². The Morgan fingerprint density at radius 1 is 1.46 bits per heavy atom. The molecule has 0 aliphatic carbocycles. The summed E-state index contributed by atoms with van der Waals surface area (Å²) in [6.45, 7) is 1.82. The van der Waals surface area contributed by atoms with E-state index < -0.39 is 0 Å². The van der Waals surface area contributed by atoms with E-state index in [1.807, 2.05) is 19.1 Å². The molecule has 1 aromatic rings. The number of nitrogens with zero attached hydrogens (tertiary/aromatic N) is 1. The van der Waals surface area contributed by atoms with Gasteiger partial charge in [-0.3, -0.25) is 0 Å². The third-order valence-electron chi connectivity index (χ3n) is 1.66. The van der Waals surface area contributed by atoms with Crippen molar-refractivity contribution in [3.8, 4) is 6.07 Å². The quantitative estimate of drug-likeness (QED) is 0.647. The van der Waals surface area contributed by atoms with Gasteiger partial charge in [-0.2, -0.15) is 5.26 Å². The fourth-order valence-corrected chi connectivity index (χ4v) is 1.43. The molecule has 1 aromatic carbocycles. The van der Waals surface area contributed by atoms with E-state index in [1.165, 1.54) is 6.08 Å². The van der Waals surface area contributed by atoms with Crippen molar-refractivity contribution in [1.82, 2.24) is 0 Å². The SMILES string of the molecule is C/C(=C/C#N)c1cccc(Cl)c1Cl. The Hall–Kier alpha value is -0.970. The number of hydrogen-bond donors (Lipinski definition) is 0. The van der Waals surface area contributed by atoms with Crippen LogP contribution < -0.4 is 0 Å². The maximum Gasteiger partial charge on any atom is 0.0915 e. The second-order valence-corrected chi connectivity index (χ2v) is 3.34. The minimum absolute atomic E-state index is 0.494. The average Bonchev–Trinajstić information content (AvgIpc) is 2.10. The van der Waals surface area contributed by atoms with Crippen LogP contribution >= 0.6 is 23.2 Å². The van der Waals surface area contributed by atoms with Crippen molar-refractivity contribution < 1.29 is 0 Å². The van der Waals surface area contributed by atoms with Gasteiger partial charge in [0.1, 0.15) is 0 Å². The predicted molar refractivity (Wildman–Crippen MR) is 55.7 cm³/mol. The zero-order valence-corrected chi connectivity index (χ0v) is 8.52. The summed E-state index contributed by atoms with van der Waals surface area (Å²) >= 11 is 11.8. The molecule has 0 spiro atoms. The van der Waals surface area contributed by atoms with E-state index >= 15 is 0 Å². The van der Waals surface area contributed by atoms with Gasteiger partial charge in [0.25, 0.3) is 0 Å². The molecule has 0 aliphatic rings. The molecule has 3 heteroatoms. The Kier molecular flexibility index (Phi) is 3.36. The first-order valence-electron chi connectivity index (χ1n) is 3.67. The van der Waals surface area contributed by atoms with Crippen LogP contribution in [0.2, 0.25) is 10.0 Å². The number of rotatable bonds is 1. The van der Waals surface area contributed by atoms with Gasteiger partial charge in [-0.05, 0) is 24.1 Å². The van der Waals surface area contributed by atoms with E-state index in [0.29, 0.717) is 10.0 Å². The normalized spacial score (nSPS) is 11.1. The van der Waals surface area contributed by atoms with E-state index in [0.717, 1.165) is 11.1 Å². The molecule has 1 nitrogen and oxygen atoms in total. The van der Waals surface area contributed by atoms with Crippen LogP contribution in [0.1, 0.15) is 12.5 Å². The molecule has 0 atom stereocenters. The maximum absolute atomic E-state index is 8.46.